The van der Waals surface area contributed by atoms with Gasteiger partial charge in [-0.2, -0.15) is 5.10 Å². The smallest absolute Gasteiger partial charge is 0.158 e. The first-order chi connectivity index (χ1) is 9.25. The highest BCUT2D eigenvalue weighted by molar-refractivity contribution is 7.18. The van der Waals surface area contributed by atoms with E-state index in [1.54, 1.807) is 35.2 Å². The molecule has 0 amide bonds. The summed E-state index contributed by atoms with van der Waals surface area (Å²) in [7, 11) is 0. The quantitative estimate of drug-likeness (QED) is 0.589. The van der Waals surface area contributed by atoms with Crippen molar-refractivity contribution in [3.05, 3.63) is 39.2 Å². The molecule has 0 bridgehead atoms. The van der Waals surface area contributed by atoms with Crippen LogP contribution in [0.15, 0.2) is 28.9 Å². The maximum atomic E-state index is 4.30. The first-order valence-corrected chi connectivity index (χ1v) is 7.48. The summed E-state index contributed by atoms with van der Waals surface area (Å²) >= 11 is 3.33. The Morgan fingerprint density at radius 1 is 1.32 bits per heavy atom. The number of hydrogen-bond donors (Lipinski definition) is 1. The van der Waals surface area contributed by atoms with Crippen LogP contribution < -0.4 is 5.43 Å². The number of aromatic nitrogens is 2. The molecule has 3 aromatic rings. The van der Waals surface area contributed by atoms with Crippen molar-refractivity contribution in [2.45, 2.75) is 13.8 Å². The molecule has 0 aliphatic rings. The molecule has 3 rings (SSSR count). The van der Waals surface area contributed by atoms with E-state index in [1.165, 1.54) is 10.4 Å². The molecular formula is C13H12N4S2. The third-order valence-electron chi connectivity index (χ3n) is 2.87. The maximum Gasteiger partial charge on any atom is 0.158 e. The van der Waals surface area contributed by atoms with Gasteiger partial charge >= 0.3 is 0 Å². The van der Waals surface area contributed by atoms with Gasteiger partial charge in [-0.15, -0.1) is 22.7 Å². The van der Waals surface area contributed by atoms with Crippen LogP contribution in [0.25, 0.3) is 10.2 Å². The fraction of sp³-hybridized carbons (Fsp3) is 0.154. The third kappa shape index (κ3) is 2.36. The number of thiophene rings is 2. The summed E-state index contributed by atoms with van der Waals surface area (Å²) < 4.78 is 0. The molecule has 6 heteroatoms. The van der Waals surface area contributed by atoms with Gasteiger partial charge in [-0.05, 0) is 30.9 Å². The number of hydrazone groups is 1. The number of rotatable bonds is 3. The summed E-state index contributed by atoms with van der Waals surface area (Å²) in [5.74, 6) is 0.764. The van der Waals surface area contributed by atoms with Gasteiger partial charge in [0.05, 0.1) is 11.6 Å². The van der Waals surface area contributed by atoms with Gasteiger partial charge in [0.15, 0.2) is 5.82 Å². The Morgan fingerprint density at radius 2 is 2.21 bits per heavy atom. The van der Waals surface area contributed by atoms with E-state index in [0.717, 1.165) is 20.9 Å². The van der Waals surface area contributed by atoms with Gasteiger partial charge in [0.2, 0.25) is 0 Å². The van der Waals surface area contributed by atoms with Crippen molar-refractivity contribution < 1.29 is 0 Å². The van der Waals surface area contributed by atoms with Crippen LogP contribution in [0.5, 0.6) is 0 Å². The second kappa shape index (κ2) is 5.07. The average molecular weight is 288 g/mol. The largest absolute Gasteiger partial charge is 0.261 e. The van der Waals surface area contributed by atoms with Gasteiger partial charge < -0.3 is 0 Å². The molecule has 0 atom stereocenters. The van der Waals surface area contributed by atoms with Crippen LogP contribution in [0, 0.1) is 13.8 Å². The lowest BCUT2D eigenvalue weighted by Gasteiger charge is -2.01. The predicted octanol–water partition coefficient (Wildman–Crippen LogP) is 3.82. The Labute approximate surface area is 118 Å². The normalized spacial score (nSPS) is 11.5. The molecule has 3 aromatic heterocycles. The summed E-state index contributed by atoms with van der Waals surface area (Å²) in [5.41, 5.74) is 4.23. The van der Waals surface area contributed by atoms with Crippen LogP contribution in [-0.2, 0) is 0 Å². The van der Waals surface area contributed by atoms with Crippen LogP contribution in [0.2, 0.25) is 0 Å². The van der Waals surface area contributed by atoms with E-state index in [-0.39, 0.29) is 0 Å². The second-order valence-corrected chi connectivity index (χ2v) is 6.25. The van der Waals surface area contributed by atoms with Crippen LogP contribution in [-0.4, -0.2) is 16.2 Å². The number of nitrogens with zero attached hydrogens (tertiary/aromatic N) is 3. The van der Waals surface area contributed by atoms with E-state index in [4.69, 9.17) is 0 Å². The fourth-order valence-electron chi connectivity index (χ4n) is 1.79. The van der Waals surface area contributed by atoms with Crippen LogP contribution in [0.3, 0.4) is 0 Å². The Kier molecular flexibility index (Phi) is 3.27. The van der Waals surface area contributed by atoms with Crippen LogP contribution in [0.4, 0.5) is 5.82 Å². The van der Waals surface area contributed by atoms with Crippen molar-refractivity contribution in [3.63, 3.8) is 0 Å². The molecule has 1 N–H and O–H groups in total. The molecule has 0 fully saturated rings. The topological polar surface area (TPSA) is 50.2 Å². The Bertz CT molecular complexity index is 729. The highest BCUT2D eigenvalue weighted by Crippen LogP contribution is 2.32. The highest BCUT2D eigenvalue weighted by Gasteiger charge is 2.10. The second-order valence-electron chi connectivity index (χ2n) is 4.07. The minimum Gasteiger partial charge on any atom is -0.261 e. The van der Waals surface area contributed by atoms with E-state index < -0.39 is 0 Å². The lowest BCUT2D eigenvalue weighted by molar-refractivity contribution is 1.19. The van der Waals surface area contributed by atoms with Gasteiger partial charge in [-0.25, -0.2) is 9.97 Å². The van der Waals surface area contributed by atoms with E-state index in [0.29, 0.717) is 0 Å². The summed E-state index contributed by atoms with van der Waals surface area (Å²) in [6, 6.07) is 4.02. The molecule has 0 saturated heterocycles. The summed E-state index contributed by atoms with van der Waals surface area (Å²) in [4.78, 5) is 11.9. The summed E-state index contributed by atoms with van der Waals surface area (Å²) in [6.45, 7) is 4.19. The monoisotopic (exact) mass is 288 g/mol. The lowest BCUT2D eigenvalue weighted by atomic mass is 10.2. The molecule has 0 spiro atoms. The number of fused-ring (bicyclic) bond motifs is 1. The minimum absolute atomic E-state index is 0.764. The molecule has 0 aliphatic heterocycles. The zero-order valence-electron chi connectivity index (χ0n) is 10.5. The Balaban J connectivity index is 1.93. The fourth-order valence-corrected chi connectivity index (χ4v) is 3.37. The first-order valence-electron chi connectivity index (χ1n) is 5.79. The number of nitrogens with one attached hydrogen (secondary N) is 1. The molecule has 3 heterocycles. The Morgan fingerprint density at radius 3 is 3.00 bits per heavy atom. The molecule has 96 valence electrons. The van der Waals surface area contributed by atoms with Crippen molar-refractivity contribution >= 4 is 44.9 Å². The van der Waals surface area contributed by atoms with Gasteiger partial charge in [-0.3, -0.25) is 5.43 Å². The Hall–Kier alpha value is -1.79. The van der Waals surface area contributed by atoms with E-state index in [1.807, 2.05) is 17.5 Å². The maximum absolute atomic E-state index is 4.30. The van der Waals surface area contributed by atoms with Crippen LogP contribution in [0.1, 0.15) is 15.3 Å². The van der Waals surface area contributed by atoms with Gasteiger partial charge in [0, 0.05) is 9.75 Å². The molecule has 0 unspecified atom stereocenters. The SMILES string of the molecule is Cc1sc2ncnc(NN=Cc3cccs3)c2c1C. The van der Waals surface area contributed by atoms with Gasteiger partial charge in [-0.1, -0.05) is 6.07 Å². The zero-order valence-corrected chi connectivity index (χ0v) is 12.2. The van der Waals surface area contributed by atoms with E-state index in [9.17, 15) is 0 Å². The number of aryl methyl sites for hydroxylation is 2. The van der Waals surface area contributed by atoms with Crippen molar-refractivity contribution in [1.29, 1.82) is 0 Å². The highest BCUT2D eigenvalue weighted by atomic mass is 32.1. The predicted molar refractivity (Wildman–Crippen MR) is 82.4 cm³/mol. The molecule has 0 radical (unpaired) electrons. The minimum atomic E-state index is 0.764. The molecule has 19 heavy (non-hydrogen) atoms. The van der Waals surface area contributed by atoms with Crippen LogP contribution >= 0.6 is 22.7 Å². The lowest BCUT2D eigenvalue weighted by Crippen LogP contribution is -1.94. The molecule has 4 nitrogen and oxygen atoms in total. The molecular weight excluding hydrogens is 276 g/mol. The third-order valence-corrected chi connectivity index (χ3v) is 4.79. The summed E-state index contributed by atoms with van der Waals surface area (Å²) in [6.07, 6.45) is 3.37. The van der Waals surface area contributed by atoms with Crippen molar-refractivity contribution in [1.82, 2.24) is 9.97 Å². The molecule has 0 aliphatic carbocycles. The van der Waals surface area contributed by atoms with Gasteiger partial charge in [0.1, 0.15) is 11.2 Å². The number of anilines is 1. The van der Waals surface area contributed by atoms with Crippen molar-refractivity contribution in [2.75, 3.05) is 5.43 Å². The molecule has 0 aromatic carbocycles. The molecule has 0 saturated carbocycles. The first kappa shape index (κ1) is 12.3. The zero-order chi connectivity index (χ0) is 13.2. The van der Waals surface area contributed by atoms with E-state index in [2.05, 4.69) is 34.3 Å². The van der Waals surface area contributed by atoms with E-state index >= 15 is 0 Å². The van der Waals surface area contributed by atoms with Crippen molar-refractivity contribution in [3.8, 4) is 0 Å². The van der Waals surface area contributed by atoms with Crippen molar-refractivity contribution in [2.24, 2.45) is 5.10 Å². The van der Waals surface area contributed by atoms with Gasteiger partial charge in [0.25, 0.3) is 0 Å². The number of hydrogen-bond acceptors (Lipinski definition) is 6. The summed E-state index contributed by atoms with van der Waals surface area (Å²) in [5, 5.41) is 7.32. The average Bonchev–Trinajstić information content (AvgIpc) is 3.00. The standard InChI is InChI=1S/C13H12N4S2/c1-8-9(2)19-13-11(8)12(14-7-15-13)17-16-6-10-4-3-5-18-10/h3-7H,1-2H3,(H,14,15,17).